The molecule has 1 aromatic rings. The number of rotatable bonds is 7. The van der Waals surface area contributed by atoms with E-state index in [-0.39, 0.29) is 12.6 Å². The Morgan fingerprint density at radius 2 is 2.40 bits per heavy atom. The molecular weight excluding hydrogens is 192 g/mol. The summed E-state index contributed by atoms with van der Waals surface area (Å²) >= 11 is 0. The van der Waals surface area contributed by atoms with Crippen molar-refractivity contribution in [3.63, 3.8) is 0 Å². The van der Waals surface area contributed by atoms with Crippen LogP contribution in [0.1, 0.15) is 25.1 Å². The van der Waals surface area contributed by atoms with E-state index in [1.54, 1.807) is 6.26 Å². The topological polar surface area (TPSA) is 62.6 Å². The minimum atomic E-state index is 0.122. The van der Waals surface area contributed by atoms with Crippen LogP contribution in [0.2, 0.25) is 0 Å². The van der Waals surface area contributed by atoms with Crippen LogP contribution in [0.5, 0.6) is 0 Å². The lowest BCUT2D eigenvalue weighted by atomic mass is 10.2. The highest BCUT2D eigenvalue weighted by molar-refractivity contribution is 5.05. The molecule has 0 aliphatic rings. The van der Waals surface area contributed by atoms with Gasteiger partial charge in [-0.3, -0.25) is 4.90 Å². The fourth-order valence-electron chi connectivity index (χ4n) is 1.73. The van der Waals surface area contributed by atoms with Crippen LogP contribution in [0.15, 0.2) is 22.8 Å². The average Bonchev–Trinajstić information content (AvgIpc) is 2.77. The summed E-state index contributed by atoms with van der Waals surface area (Å²) in [6.45, 7) is 4.58. The van der Waals surface area contributed by atoms with Crippen molar-refractivity contribution in [3.05, 3.63) is 24.2 Å². The van der Waals surface area contributed by atoms with Crippen molar-refractivity contribution in [2.45, 2.75) is 19.4 Å². The molecule has 1 heterocycles. The van der Waals surface area contributed by atoms with Crippen LogP contribution in [-0.4, -0.2) is 36.2 Å². The second-order valence-electron chi connectivity index (χ2n) is 3.47. The summed E-state index contributed by atoms with van der Waals surface area (Å²) in [5, 5.41) is 8.81. The number of nitrogens with two attached hydrogens (primary N) is 1. The van der Waals surface area contributed by atoms with Gasteiger partial charge in [-0.05, 0) is 25.1 Å². The predicted octanol–water partition coefficient (Wildman–Crippen LogP) is 0.984. The summed E-state index contributed by atoms with van der Waals surface area (Å²) in [7, 11) is 0. The minimum absolute atomic E-state index is 0.122. The number of aliphatic hydroxyl groups is 1. The van der Waals surface area contributed by atoms with Gasteiger partial charge < -0.3 is 15.3 Å². The van der Waals surface area contributed by atoms with E-state index in [4.69, 9.17) is 15.3 Å². The zero-order chi connectivity index (χ0) is 11.1. The molecule has 0 saturated carbocycles. The van der Waals surface area contributed by atoms with Crippen molar-refractivity contribution < 1.29 is 9.52 Å². The summed E-state index contributed by atoms with van der Waals surface area (Å²) < 4.78 is 5.37. The Balaban J connectivity index is 2.62. The molecule has 0 aliphatic heterocycles. The van der Waals surface area contributed by atoms with E-state index in [0.717, 1.165) is 25.3 Å². The van der Waals surface area contributed by atoms with Crippen molar-refractivity contribution >= 4 is 0 Å². The maximum absolute atomic E-state index is 8.81. The van der Waals surface area contributed by atoms with Gasteiger partial charge in [-0.25, -0.2) is 0 Å². The highest BCUT2D eigenvalue weighted by Gasteiger charge is 2.19. The lowest BCUT2D eigenvalue weighted by Crippen LogP contribution is -2.34. The lowest BCUT2D eigenvalue weighted by Gasteiger charge is -2.27. The third kappa shape index (κ3) is 3.34. The molecule has 3 N–H and O–H groups in total. The Hall–Kier alpha value is -0.840. The molecule has 0 saturated heterocycles. The van der Waals surface area contributed by atoms with Crippen LogP contribution in [0.4, 0.5) is 0 Å². The second-order valence-corrected chi connectivity index (χ2v) is 3.47. The van der Waals surface area contributed by atoms with Crippen molar-refractivity contribution in [1.29, 1.82) is 0 Å². The Bertz CT molecular complexity index is 249. The predicted molar refractivity (Wildman–Crippen MR) is 59.5 cm³/mol. The molecule has 0 aromatic carbocycles. The quantitative estimate of drug-likeness (QED) is 0.707. The number of nitrogens with zero attached hydrogens (tertiary/aromatic N) is 1. The van der Waals surface area contributed by atoms with Crippen LogP contribution in [0, 0.1) is 0 Å². The zero-order valence-corrected chi connectivity index (χ0v) is 9.22. The van der Waals surface area contributed by atoms with E-state index in [2.05, 4.69) is 11.8 Å². The van der Waals surface area contributed by atoms with E-state index in [1.807, 2.05) is 12.1 Å². The molecule has 0 bridgehead atoms. The molecule has 0 aliphatic carbocycles. The number of hydrogen-bond donors (Lipinski definition) is 2. The largest absolute Gasteiger partial charge is 0.468 e. The maximum Gasteiger partial charge on any atom is 0.122 e. The van der Waals surface area contributed by atoms with Gasteiger partial charge in [0.1, 0.15) is 5.76 Å². The van der Waals surface area contributed by atoms with E-state index >= 15 is 0 Å². The standard InChI is InChI=1S/C11H20N2O2/c1-2-13(6-4-7-14)10(9-12)11-5-3-8-15-11/h3,5,8,10,14H,2,4,6-7,9,12H2,1H3. The molecule has 1 unspecified atom stereocenters. The van der Waals surface area contributed by atoms with E-state index < -0.39 is 0 Å². The third-order valence-electron chi connectivity index (χ3n) is 2.55. The van der Waals surface area contributed by atoms with Crippen molar-refractivity contribution in [1.82, 2.24) is 4.90 Å². The Labute approximate surface area is 90.7 Å². The van der Waals surface area contributed by atoms with Crippen LogP contribution in [0.25, 0.3) is 0 Å². The SMILES string of the molecule is CCN(CCCO)C(CN)c1ccco1. The van der Waals surface area contributed by atoms with Gasteiger partial charge in [-0.15, -0.1) is 0 Å². The highest BCUT2D eigenvalue weighted by Crippen LogP contribution is 2.19. The smallest absolute Gasteiger partial charge is 0.122 e. The van der Waals surface area contributed by atoms with Gasteiger partial charge in [0.2, 0.25) is 0 Å². The van der Waals surface area contributed by atoms with Gasteiger partial charge in [-0.2, -0.15) is 0 Å². The molecule has 1 aromatic heterocycles. The van der Waals surface area contributed by atoms with Gasteiger partial charge in [-0.1, -0.05) is 6.92 Å². The first-order valence-electron chi connectivity index (χ1n) is 5.41. The molecule has 86 valence electrons. The summed E-state index contributed by atoms with van der Waals surface area (Å²) in [4.78, 5) is 2.22. The molecule has 4 nitrogen and oxygen atoms in total. The van der Waals surface area contributed by atoms with Crippen LogP contribution < -0.4 is 5.73 Å². The van der Waals surface area contributed by atoms with Gasteiger partial charge in [0.25, 0.3) is 0 Å². The molecule has 0 amide bonds. The van der Waals surface area contributed by atoms with Crippen LogP contribution >= 0.6 is 0 Å². The first-order chi connectivity index (χ1) is 7.33. The fourth-order valence-corrected chi connectivity index (χ4v) is 1.73. The summed E-state index contributed by atoms with van der Waals surface area (Å²) in [6, 6.07) is 3.94. The molecule has 1 rings (SSSR count). The molecule has 0 radical (unpaired) electrons. The van der Waals surface area contributed by atoms with E-state index in [0.29, 0.717) is 6.54 Å². The Morgan fingerprint density at radius 3 is 2.87 bits per heavy atom. The normalized spacial score (nSPS) is 13.3. The maximum atomic E-state index is 8.81. The van der Waals surface area contributed by atoms with Crippen molar-refractivity contribution in [3.8, 4) is 0 Å². The lowest BCUT2D eigenvalue weighted by molar-refractivity contribution is 0.168. The number of likely N-dealkylation sites (N-methyl/N-ethyl adjacent to an activating group) is 1. The summed E-state index contributed by atoms with van der Waals surface area (Å²) in [5.74, 6) is 0.900. The monoisotopic (exact) mass is 212 g/mol. The van der Waals surface area contributed by atoms with E-state index in [1.165, 1.54) is 0 Å². The van der Waals surface area contributed by atoms with Gasteiger partial charge in [0.15, 0.2) is 0 Å². The second kappa shape index (κ2) is 6.61. The first-order valence-corrected chi connectivity index (χ1v) is 5.41. The molecule has 4 heteroatoms. The number of furan rings is 1. The van der Waals surface area contributed by atoms with Crippen LogP contribution in [0.3, 0.4) is 0 Å². The molecular formula is C11H20N2O2. The molecule has 0 spiro atoms. The van der Waals surface area contributed by atoms with Crippen molar-refractivity contribution in [2.75, 3.05) is 26.2 Å². The molecule has 15 heavy (non-hydrogen) atoms. The number of hydrogen-bond acceptors (Lipinski definition) is 4. The van der Waals surface area contributed by atoms with E-state index in [9.17, 15) is 0 Å². The molecule has 0 fully saturated rings. The zero-order valence-electron chi connectivity index (χ0n) is 9.22. The Kier molecular flexibility index (Phi) is 5.39. The molecule has 1 atom stereocenters. The number of aliphatic hydroxyl groups excluding tert-OH is 1. The highest BCUT2D eigenvalue weighted by atomic mass is 16.3. The van der Waals surface area contributed by atoms with Crippen LogP contribution in [-0.2, 0) is 0 Å². The average molecular weight is 212 g/mol. The van der Waals surface area contributed by atoms with Gasteiger partial charge in [0, 0.05) is 19.7 Å². The summed E-state index contributed by atoms with van der Waals surface area (Å²) in [6.07, 6.45) is 2.43. The summed E-state index contributed by atoms with van der Waals surface area (Å²) in [5.41, 5.74) is 5.75. The minimum Gasteiger partial charge on any atom is -0.468 e. The third-order valence-corrected chi connectivity index (χ3v) is 2.55. The first kappa shape index (κ1) is 12.2. The van der Waals surface area contributed by atoms with Gasteiger partial charge >= 0.3 is 0 Å². The fraction of sp³-hybridized carbons (Fsp3) is 0.636. The van der Waals surface area contributed by atoms with Crippen molar-refractivity contribution in [2.24, 2.45) is 5.73 Å². The van der Waals surface area contributed by atoms with Gasteiger partial charge in [0.05, 0.1) is 12.3 Å². The Morgan fingerprint density at radius 1 is 1.60 bits per heavy atom.